The van der Waals surface area contributed by atoms with Crippen LogP contribution in [0.4, 0.5) is 0 Å². The van der Waals surface area contributed by atoms with Crippen molar-refractivity contribution in [3.8, 4) is 0 Å². The van der Waals surface area contributed by atoms with Gasteiger partial charge in [0.1, 0.15) is 0 Å². The van der Waals surface area contributed by atoms with E-state index in [1.165, 1.54) is 51.5 Å². The van der Waals surface area contributed by atoms with Crippen molar-refractivity contribution in [2.24, 2.45) is 11.3 Å². The molecule has 0 amide bonds. The molecule has 0 radical (unpaired) electrons. The van der Waals surface area contributed by atoms with Crippen LogP contribution in [-0.4, -0.2) is 13.6 Å². The molecule has 1 aliphatic rings. The molecule has 0 aromatic heterocycles. The van der Waals surface area contributed by atoms with Crippen molar-refractivity contribution >= 4 is 0 Å². The van der Waals surface area contributed by atoms with Crippen LogP contribution in [0.3, 0.4) is 0 Å². The largest absolute Gasteiger partial charge is 0.320 e. The van der Waals surface area contributed by atoms with E-state index in [1.54, 1.807) is 0 Å². The number of unbranched alkanes of at least 4 members (excludes halogenated alkanes) is 3. The third kappa shape index (κ3) is 4.00. The fourth-order valence-corrected chi connectivity index (χ4v) is 3.03. The second-order valence-electron chi connectivity index (χ2n) is 5.59. The summed E-state index contributed by atoms with van der Waals surface area (Å²) in [7, 11) is 2.04. The molecule has 0 spiro atoms. The molecule has 84 valence electrons. The summed E-state index contributed by atoms with van der Waals surface area (Å²) in [6.07, 6.45) is 10.1. The molecular formula is C13H27N. The summed E-state index contributed by atoms with van der Waals surface area (Å²) in [5, 5.41) is 3.20. The lowest BCUT2D eigenvalue weighted by Crippen LogP contribution is -2.32. The third-order valence-corrected chi connectivity index (χ3v) is 3.64. The summed E-state index contributed by atoms with van der Waals surface area (Å²) in [5.74, 6) is 1.00. The van der Waals surface area contributed by atoms with E-state index >= 15 is 0 Å². The predicted molar refractivity (Wildman–Crippen MR) is 63.5 cm³/mol. The molecular weight excluding hydrogens is 170 g/mol. The van der Waals surface area contributed by atoms with E-state index in [1.807, 2.05) is 7.05 Å². The Hall–Kier alpha value is -0.0400. The lowest BCUT2D eigenvalue weighted by atomic mass is 9.62. The minimum atomic E-state index is 0.725. The van der Waals surface area contributed by atoms with E-state index in [2.05, 4.69) is 19.2 Å². The maximum Gasteiger partial charge on any atom is -0.00519 e. The number of nitrogens with one attached hydrogen (secondary N) is 1. The van der Waals surface area contributed by atoms with E-state index in [9.17, 15) is 0 Å². The molecule has 14 heavy (non-hydrogen) atoms. The average Bonchev–Trinajstić information content (AvgIpc) is 2.09. The molecule has 1 saturated carbocycles. The van der Waals surface area contributed by atoms with Gasteiger partial charge in [-0.2, -0.15) is 0 Å². The van der Waals surface area contributed by atoms with Crippen molar-refractivity contribution in [2.45, 2.75) is 58.8 Å². The number of hydrogen-bond acceptors (Lipinski definition) is 1. The highest BCUT2D eigenvalue weighted by Crippen LogP contribution is 2.48. The van der Waals surface area contributed by atoms with Crippen molar-refractivity contribution in [3.05, 3.63) is 0 Å². The molecule has 1 fully saturated rings. The molecule has 0 heterocycles. The normalized spacial score (nSPS) is 31.5. The molecule has 0 aromatic rings. The van der Waals surface area contributed by atoms with Crippen LogP contribution in [0.25, 0.3) is 0 Å². The lowest BCUT2D eigenvalue weighted by Gasteiger charge is -2.44. The van der Waals surface area contributed by atoms with E-state index < -0.39 is 0 Å². The highest BCUT2D eigenvalue weighted by molar-refractivity contribution is 4.87. The van der Waals surface area contributed by atoms with E-state index in [4.69, 9.17) is 0 Å². The highest BCUT2D eigenvalue weighted by atomic mass is 14.8. The summed E-state index contributed by atoms with van der Waals surface area (Å²) in [6, 6.07) is 0. The summed E-state index contributed by atoms with van der Waals surface area (Å²) in [4.78, 5) is 0. The SMILES string of the molecule is CNCCCCCCC1(C)CC(C)C1. The van der Waals surface area contributed by atoms with Gasteiger partial charge in [-0.1, -0.05) is 33.1 Å². The van der Waals surface area contributed by atoms with Gasteiger partial charge >= 0.3 is 0 Å². The van der Waals surface area contributed by atoms with Gasteiger partial charge in [0.05, 0.1) is 0 Å². The van der Waals surface area contributed by atoms with Crippen LogP contribution < -0.4 is 5.32 Å². The van der Waals surface area contributed by atoms with Crippen LogP contribution in [-0.2, 0) is 0 Å². The summed E-state index contributed by atoms with van der Waals surface area (Å²) in [5.41, 5.74) is 0.725. The van der Waals surface area contributed by atoms with Crippen LogP contribution in [0.5, 0.6) is 0 Å². The zero-order valence-electron chi connectivity index (χ0n) is 10.2. The zero-order valence-corrected chi connectivity index (χ0v) is 10.2. The molecule has 1 N–H and O–H groups in total. The maximum absolute atomic E-state index is 3.20. The van der Waals surface area contributed by atoms with Gasteiger partial charge < -0.3 is 5.32 Å². The predicted octanol–water partition coefficient (Wildman–Crippen LogP) is 3.59. The smallest absolute Gasteiger partial charge is 0.00519 e. The molecule has 0 unspecified atom stereocenters. The molecule has 1 nitrogen and oxygen atoms in total. The second kappa shape index (κ2) is 5.75. The topological polar surface area (TPSA) is 12.0 Å². The van der Waals surface area contributed by atoms with Gasteiger partial charge in [0, 0.05) is 0 Å². The van der Waals surface area contributed by atoms with Crippen molar-refractivity contribution in [1.29, 1.82) is 0 Å². The van der Waals surface area contributed by atoms with Gasteiger partial charge in [-0.05, 0) is 50.6 Å². The first-order chi connectivity index (χ1) is 6.66. The molecule has 0 aliphatic heterocycles. The summed E-state index contributed by atoms with van der Waals surface area (Å²) in [6.45, 7) is 6.05. The molecule has 1 heteroatoms. The Morgan fingerprint density at radius 2 is 1.79 bits per heavy atom. The molecule has 0 atom stereocenters. The Bertz CT molecular complexity index is 147. The van der Waals surface area contributed by atoms with Gasteiger partial charge in [-0.15, -0.1) is 0 Å². The Morgan fingerprint density at radius 1 is 1.14 bits per heavy atom. The van der Waals surface area contributed by atoms with Gasteiger partial charge in [0.2, 0.25) is 0 Å². The third-order valence-electron chi connectivity index (χ3n) is 3.64. The Morgan fingerprint density at radius 3 is 2.36 bits per heavy atom. The van der Waals surface area contributed by atoms with Crippen molar-refractivity contribution in [2.75, 3.05) is 13.6 Å². The second-order valence-corrected chi connectivity index (χ2v) is 5.59. The fraction of sp³-hybridized carbons (Fsp3) is 1.00. The monoisotopic (exact) mass is 197 g/mol. The van der Waals surface area contributed by atoms with Crippen LogP contribution in [0.1, 0.15) is 58.8 Å². The van der Waals surface area contributed by atoms with Gasteiger partial charge in [0.25, 0.3) is 0 Å². The van der Waals surface area contributed by atoms with Crippen molar-refractivity contribution in [3.63, 3.8) is 0 Å². The average molecular weight is 197 g/mol. The maximum atomic E-state index is 3.20. The molecule has 0 saturated heterocycles. The van der Waals surface area contributed by atoms with Crippen molar-refractivity contribution < 1.29 is 0 Å². The highest BCUT2D eigenvalue weighted by Gasteiger charge is 2.36. The molecule has 0 aromatic carbocycles. The quantitative estimate of drug-likeness (QED) is 0.615. The standard InChI is InChI=1S/C13H27N/c1-12-10-13(2,11-12)8-6-4-5-7-9-14-3/h12,14H,4-11H2,1-3H3. The molecule has 1 aliphatic carbocycles. The van der Waals surface area contributed by atoms with Crippen LogP contribution in [0.2, 0.25) is 0 Å². The minimum Gasteiger partial charge on any atom is -0.320 e. The van der Waals surface area contributed by atoms with E-state index in [0.717, 1.165) is 11.3 Å². The lowest BCUT2D eigenvalue weighted by molar-refractivity contribution is 0.0742. The first-order valence-electron chi connectivity index (χ1n) is 6.31. The number of rotatable bonds is 7. The van der Waals surface area contributed by atoms with Gasteiger partial charge in [0.15, 0.2) is 0 Å². The van der Waals surface area contributed by atoms with Crippen LogP contribution in [0.15, 0.2) is 0 Å². The first-order valence-corrected chi connectivity index (χ1v) is 6.31. The minimum absolute atomic E-state index is 0.725. The van der Waals surface area contributed by atoms with Crippen molar-refractivity contribution in [1.82, 2.24) is 5.32 Å². The van der Waals surface area contributed by atoms with E-state index in [-0.39, 0.29) is 0 Å². The first kappa shape index (κ1) is 12.0. The van der Waals surface area contributed by atoms with Gasteiger partial charge in [-0.3, -0.25) is 0 Å². The molecule has 1 rings (SSSR count). The summed E-state index contributed by atoms with van der Waals surface area (Å²) < 4.78 is 0. The number of hydrogen-bond donors (Lipinski definition) is 1. The zero-order chi connectivity index (χ0) is 10.4. The van der Waals surface area contributed by atoms with Gasteiger partial charge in [-0.25, -0.2) is 0 Å². The Kier molecular flexibility index (Phi) is 4.94. The van der Waals surface area contributed by atoms with Crippen LogP contribution >= 0.6 is 0 Å². The van der Waals surface area contributed by atoms with Crippen LogP contribution in [0, 0.1) is 11.3 Å². The summed E-state index contributed by atoms with van der Waals surface area (Å²) >= 11 is 0. The van der Waals surface area contributed by atoms with E-state index in [0.29, 0.717) is 0 Å². The fourth-order valence-electron chi connectivity index (χ4n) is 3.03. The molecule has 0 bridgehead atoms. The Labute approximate surface area is 89.7 Å². The Balaban J connectivity index is 1.89.